The highest BCUT2D eigenvalue weighted by molar-refractivity contribution is 5.35. The van der Waals surface area contributed by atoms with E-state index in [1.165, 1.54) is 38.7 Å². The van der Waals surface area contributed by atoms with Crippen LogP contribution < -0.4 is 9.47 Å². The molecule has 1 aromatic heterocycles. The minimum atomic E-state index is -1.12. The van der Waals surface area contributed by atoms with E-state index in [0.29, 0.717) is 5.56 Å². The van der Waals surface area contributed by atoms with Crippen molar-refractivity contribution in [3.8, 4) is 11.6 Å². The Labute approximate surface area is 109 Å². The normalized spacial score (nSPS) is 12.0. The van der Waals surface area contributed by atoms with Crippen LogP contribution in [0.1, 0.15) is 17.4 Å². The van der Waals surface area contributed by atoms with Gasteiger partial charge in [0.15, 0.2) is 11.6 Å². The summed E-state index contributed by atoms with van der Waals surface area (Å²) in [5.41, 5.74) is 0.576. The third kappa shape index (κ3) is 2.63. The Morgan fingerprint density at radius 2 is 1.89 bits per heavy atom. The summed E-state index contributed by atoms with van der Waals surface area (Å²) in [6.45, 7) is 0. The first-order chi connectivity index (χ1) is 9.17. The van der Waals surface area contributed by atoms with Crippen LogP contribution in [0.25, 0.3) is 0 Å². The van der Waals surface area contributed by atoms with E-state index in [4.69, 9.17) is 9.47 Å². The molecule has 2 rings (SSSR count). The average molecular weight is 264 g/mol. The molecule has 0 aliphatic heterocycles. The van der Waals surface area contributed by atoms with E-state index < -0.39 is 11.9 Å². The highest BCUT2D eigenvalue weighted by atomic mass is 19.1. The molecule has 1 N–H and O–H groups in total. The van der Waals surface area contributed by atoms with E-state index in [2.05, 4.69) is 9.97 Å². The zero-order chi connectivity index (χ0) is 13.8. The topological polar surface area (TPSA) is 64.5 Å². The molecule has 0 amide bonds. The van der Waals surface area contributed by atoms with E-state index in [-0.39, 0.29) is 17.3 Å². The zero-order valence-corrected chi connectivity index (χ0v) is 10.5. The second-order valence-corrected chi connectivity index (χ2v) is 3.75. The van der Waals surface area contributed by atoms with Crippen molar-refractivity contribution in [2.45, 2.75) is 6.10 Å². The minimum Gasteiger partial charge on any atom is -0.494 e. The number of aliphatic hydroxyl groups excluding tert-OH is 1. The zero-order valence-electron chi connectivity index (χ0n) is 10.5. The van der Waals surface area contributed by atoms with Crippen molar-refractivity contribution in [2.75, 3.05) is 14.2 Å². The largest absolute Gasteiger partial charge is 0.494 e. The fourth-order valence-electron chi connectivity index (χ4n) is 1.69. The molecule has 0 aliphatic carbocycles. The van der Waals surface area contributed by atoms with Crippen molar-refractivity contribution in [1.29, 1.82) is 0 Å². The molecule has 0 radical (unpaired) electrons. The fraction of sp³-hybridized carbons (Fsp3) is 0.231. The van der Waals surface area contributed by atoms with Crippen LogP contribution in [0, 0.1) is 5.82 Å². The summed E-state index contributed by atoms with van der Waals surface area (Å²) in [6.07, 6.45) is 1.76. The molecule has 0 saturated carbocycles. The number of benzene rings is 1. The monoisotopic (exact) mass is 264 g/mol. The molecule has 1 atom stereocenters. The maximum Gasteiger partial charge on any atom is 0.238 e. The van der Waals surface area contributed by atoms with Gasteiger partial charge in [0.1, 0.15) is 11.8 Å². The van der Waals surface area contributed by atoms with Crippen molar-refractivity contribution >= 4 is 0 Å². The Morgan fingerprint density at radius 3 is 2.53 bits per heavy atom. The number of rotatable bonds is 4. The van der Waals surface area contributed by atoms with Crippen LogP contribution in [0.2, 0.25) is 0 Å². The first-order valence-corrected chi connectivity index (χ1v) is 5.53. The summed E-state index contributed by atoms with van der Waals surface area (Å²) in [4.78, 5) is 7.94. The maximum absolute atomic E-state index is 13.6. The van der Waals surface area contributed by atoms with Gasteiger partial charge in [-0.3, -0.25) is 4.98 Å². The molecule has 0 bridgehead atoms. The van der Waals surface area contributed by atoms with Crippen molar-refractivity contribution in [3.63, 3.8) is 0 Å². The molecule has 6 heteroatoms. The molecule has 0 saturated heterocycles. The summed E-state index contributed by atoms with van der Waals surface area (Å²) in [5.74, 6) is -0.241. The Balaban J connectivity index is 2.38. The van der Waals surface area contributed by atoms with Crippen LogP contribution >= 0.6 is 0 Å². The van der Waals surface area contributed by atoms with Crippen molar-refractivity contribution < 1.29 is 19.0 Å². The Kier molecular flexibility index (Phi) is 3.91. The standard InChI is InChI=1S/C13H13FN2O3/c1-18-10-4-3-8(7-9(10)14)12(17)11-13(19-2)16-6-5-15-11/h3-7,12,17H,1-2H3. The van der Waals surface area contributed by atoms with Gasteiger partial charge in [-0.15, -0.1) is 0 Å². The van der Waals surface area contributed by atoms with Gasteiger partial charge in [-0.1, -0.05) is 6.07 Å². The summed E-state index contributed by atoms with van der Waals surface area (Å²) in [7, 11) is 2.80. The van der Waals surface area contributed by atoms with Crippen molar-refractivity contribution in [1.82, 2.24) is 9.97 Å². The van der Waals surface area contributed by atoms with E-state index in [0.717, 1.165) is 0 Å². The summed E-state index contributed by atoms with van der Waals surface area (Å²) >= 11 is 0. The number of aliphatic hydroxyl groups is 1. The smallest absolute Gasteiger partial charge is 0.238 e. The second kappa shape index (κ2) is 5.62. The highest BCUT2D eigenvalue weighted by Gasteiger charge is 2.19. The molecule has 2 aromatic rings. The number of nitrogens with zero attached hydrogens (tertiary/aromatic N) is 2. The Morgan fingerprint density at radius 1 is 1.16 bits per heavy atom. The van der Waals surface area contributed by atoms with Crippen LogP contribution in [0.4, 0.5) is 4.39 Å². The molecular weight excluding hydrogens is 251 g/mol. The van der Waals surface area contributed by atoms with Gasteiger partial charge in [-0.05, 0) is 17.7 Å². The molecule has 0 aliphatic rings. The van der Waals surface area contributed by atoms with Crippen LogP contribution in [0.3, 0.4) is 0 Å². The molecule has 100 valence electrons. The quantitative estimate of drug-likeness (QED) is 0.910. The van der Waals surface area contributed by atoms with E-state index >= 15 is 0 Å². The van der Waals surface area contributed by atoms with E-state index in [1.54, 1.807) is 6.07 Å². The van der Waals surface area contributed by atoms with Crippen LogP contribution in [0.5, 0.6) is 11.6 Å². The highest BCUT2D eigenvalue weighted by Crippen LogP contribution is 2.28. The lowest BCUT2D eigenvalue weighted by Gasteiger charge is -2.13. The number of hydrogen-bond donors (Lipinski definition) is 1. The Bertz CT molecular complexity index is 578. The third-order valence-electron chi connectivity index (χ3n) is 2.64. The van der Waals surface area contributed by atoms with Gasteiger partial charge in [0, 0.05) is 12.4 Å². The van der Waals surface area contributed by atoms with E-state index in [1.807, 2.05) is 0 Å². The lowest BCUT2D eigenvalue weighted by Crippen LogP contribution is -2.06. The fourth-order valence-corrected chi connectivity index (χ4v) is 1.69. The molecule has 1 unspecified atom stereocenters. The predicted octanol–water partition coefficient (Wildman–Crippen LogP) is 1.71. The van der Waals surface area contributed by atoms with Crippen LogP contribution in [-0.4, -0.2) is 29.3 Å². The number of ether oxygens (including phenoxy) is 2. The lowest BCUT2D eigenvalue weighted by molar-refractivity contribution is 0.207. The number of methoxy groups -OCH3 is 2. The van der Waals surface area contributed by atoms with Gasteiger partial charge in [-0.25, -0.2) is 9.37 Å². The van der Waals surface area contributed by atoms with Crippen molar-refractivity contribution in [3.05, 3.63) is 47.7 Å². The lowest BCUT2D eigenvalue weighted by atomic mass is 10.1. The molecular formula is C13H13FN2O3. The minimum absolute atomic E-state index is 0.113. The van der Waals surface area contributed by atoms with Crippen LogP contribution in [-0.2, 0) is 0 Å². The average Bonchev–Trinajstić information content (AvgIpc) is 2.46. The third-order valence-corrected chi connectivity index (χ3v) is 2.64. The van der Waals surface area contributed by atoms with Gasteiger partial charge in [0.05, 0.1) is 14.2 Å². The predicted molar refractivity (Wildman–Crippen MR) is 65.6 cm³/mol. The molecule has 19 heavy (non-hydrogen) atoms. The molecule has 1 aromatic carbocycles. The van der Waals surface area contributed by atoms with Crippen LogP contribution in [0.15, 0.2) is 30.6 Å². The molecule has 0 spiro atoms. The Hall–Kier alpha value is -2.21. The number of hydrogen-bond acceptors (Lipinski definition) is 5. The maximum atomic E-state index is 13.6. The summed E-state index contributed by atoms with van der Waals surface area (Å²) < 4.78 is 23.4. The first kappa shape index (κ1) is 13.2. The van der Waals surface area contributed by atoms with Gasteiger partial charge in [0.25, 0.3) is 0 Å². The van der Waals surface area contributed by atoms with Gasteiger partial charge >= 0.3 is 0 Å². The second-order valence-electron chi connectivity index (χ2n) is 3.75. The molecule has 5 nitrogen and oxygen atoms in total. The van der Waals surface area contributed by atoms with E-state index in [9.17, 15) is 9.50 Å². The van der Waals surface area contributed by atoms with Gasteiger partial charge < -0.3 is 14.6 Å². The van der Waals surface area contributed by atoms with Gasteiger partial charge in [-0.2, -0.15) is 0 Å². The first-order valence-electron chi connectivity index (χ1n) is 5.53. The van der Waals surface area contributed by atoms with Crippen molar-refractivity contribution in [2.24, 2.45) is 0 Å². The number of aromatic nitrogens is 2. The molecule has 0 fully saturated rings. The summed E-state index contributed by atoms with van der Waals surface area (Å²) in [5, 5.41) is 10.2. The van der Waals surface area contributed by atoms with Gasteiger partial charge in [0.2, 0.25) is 5.88 Å². The number of halogens is 1. The SMILES string of the molecule is COc1ccc(C(O)c2nccnc2OC)cc1F. The summed E-state index contributed by atoms with van der Waals surface area (Å²) in [6, 6.07) is 4.19. The molecule has 1 heterocycles.